The van der Waals surface area contributed by atoms with Gasteiger partial charge >= 0.3 is 0 Å². The van der Waals surface area contributed by atoms with Crippen LogP contribution >= 0.6 is 0 Å². The Morgan fingerprint density at radius 1 is 0.938 bits per heavy atom. The first-order chi connectivity index (χ1) is 7.85. The van der Waals surface area contributed by atoms with Crippen molar-refractivity contribution < 1.29 is 14.0 Å². The average Bonchev–Trinajstić information content (AvgIpc) is 2.39. The van der Waals surface area contributed by atoms with Gasteiger partial charge in [0.25, 0.3) is 5.69 Å². The predicted octanol–water partition coefficient (Wildman–Crippen LogP) is 1.98. The molecular formula is C13H14NO2+. The Balaban J connectivity index is 2.53. The van der Waals surface area contributed by atoms with Crippen molar-refractivity contribution in [1.82, 2.24) is 0 Å². The third-order valence-electron chi connectivity index (χ3n) is 2.38. The molecule has 0 radical (unpaired) electrons. The van der Waals surface area contributed by atoms with E-state index in [4.69, 9.17) is 9.47 Å². The lowest BCUT2D eigenvalue weighted by molar-refractivity contribution is -0.596. The summed E-state index contributed by atoms with van der Waals surface area (Å²) < 4.78 is 12.5. The van der Waals surface area contributed by atoms with Crippen LogP contribution in [-0.4, -0.2) is 14.2 Å². The first kappa shape index (κ1) is 10.5. The molecule has 0 N–H and O–H groups in total. The number of methoxy groups -OCH3 is 2. The van der Waals surface area contributed by atoms with Gasteiger partial charge in [0, 0.05) is 12.1 Å². The molecule has 0 saturated carbocycles. The first-order valence-electron chi connectivity index (χ1n) is 5.04. The molecule has 0 spiro atoms. The molecule has 0 unspecified atom stereocenters. The van der Waals surface area contributed by atoms with E-state index >= 15 is 0 Å². The summed E-state index contributed by atoms with van der Waals surface area (Å²) in [7, 11) is 3.32. The van der Waals surface area contributed by atoms with Crippen molar-refractivity contribution in [2.24, 2.45) is 0 Å². The Labute approximate surface area is 94.9 Å². The molecule has 3 nitrogen and oxygen atoms in total. The van der Waals surface area contributed by atoms with Crippen LogP contribution in [-0.2, 0) is 0 Å². The Kier molecular flexibility index (Phi) is 3.05. The molecule has 1 aromatic heterocycles. The molecule has 0 atom stereocenters. The lowest BCUT2D eigenvalue weighted by Gasteiger charge is -2.05. The van der Waals surface area contributed by atoms with Crippen LogP contribution in [0.15, 0.2) is 48.8 Å². The minimum absolute atomic E-state index is 0.812. The molecule has 0 fully saturated rings. The van der Waals surface area contributed by atoms with E-state index in [0.717, 1.165) is 17.2 Å². The van der Waals surface area contributed by atoms with Crippen LogP contribution in [0.2, 0.25) is 0 Å². The molecule has 0 aliphatic heterocycles. The van der Waals surface area contributed by atoms with Gasteiger partial charge in [0.05, 0.1) is 20.3 Å². The summed E-state index contributed by atoms with van der Waals surface area (Å²) in [4.78, 5) is 0. The van der Waals surface area contributed by atoms with Crippen LogP contribution in [0.1, 0.15) is 0 Å². The minimum Gasteiger partial charge on any atom is -0.497 e. The van der Waals surface area contributed by atoms with E-state index in [0.29, 0.717) is 0 Å². The maximum Gasteiger partial charge on any atom is 0.256 e. The lowest BCUT2D eigenvalue weighted by Crippen LogP contribution is -2.29. The molecule has 0 bridgehead atoms. The third kappa shape index (κ3) is 1.98. The van der Waals surface area contributed by atoms with Crippen LogP contribution in [0.3, 0.4) is 0 Å². The van der Waals surface area contributed by atoms with Crippen molar-refractivity contribution in [2.75, 3.05) is 14.2 Å². The Morgan fingerprint density at radius 3 is 2.31 bits per heavy atom. The summed E-state index contributed by atoms with van der Waals surface area (Å²) in [5.41, 5.74) is 0.961. The maximum absolute atomic E-state index is 5.32. The predicted molar refractivity (Wildman–Crippen MR) is 61.1 cm³/mol. The Hall–Kier alpha value is -2.03. The van der Waals surface area contributed by atoms with E-state index < -0.39 is 0 Å². The van der Waals surface area contributed by atoms with Gasteiger partial charge in [-0.3, -0.25) is 0 Å². The maximum atomic E-state index is 5.32. The molecule has 82 valence electrons. The fourth-order valence-electron chi connectivity index (χ4n) is 1.56. The van der Waals surface area contributed by atoms with Gasteiger partial charge < -0.3 is 9.47 Å². The van der Waals surface area contributed by atoms with Crippen molar-refractivity contribution in [1.29, 1.82) is 0 Å². The van der Waals surface area contributed by atoms with Gasteiger partial charge in [0.15, 0.2) is 18.1 Å². The summed E-state index contributed by atoms with van der Waals surface area (Å²) in [5, 5.41) is 0. The Morgan fingerprint density at radius 2 is 1.69 bits per heavy atom. The molecule has 0 aliphatic rings. The fourth-order valence-corrected chi connectivity index (χ4v) is 1.56. The molecule has 2 aromatic rings. The van der Waals surface area contributed by atoms with Crippen LogP contribution in [0.5, 0.6) is 11.5 Å². The standard InChI is InChI=1S/C13H14NO2/c1-15-11-6-7-13(16-2)12(10-11)14-8-4-3-5-9-14/h3-10H,1-2H3/q+1. The minimum atomic E-state index is 0.812. The second-order valence-electron chi connectivity index (χ2n) is 3.32. The number of pyridine rings is 1. The van der Waals surface area contributed by atoms with E-state index in [1.165, 1.54) is 0 Å². The van der Waals surface area contributed by atoms with Crippen molar-refractivity contribution >= 4 is 0 Å². The molecule has 1 heterocycles. The quantitative estimate of drug-likeness (QED) is 0.732. The summed E-state index contributed by atoms with van der Waals surface area (Å²) in [6.07, 6.45) is 3.94. The molecule has 0 amide bonds. The number of hydrogen-bond acceptors (Lipinski definition) is 2. The second kappa shape index (κ2) is 4.66. The number of aromatic nitrogens is 1. The van der Waals surface area contributed by atoms with Crippen LogP contribution in [0.25, 0.3) is 5.69 Å². The van der Waals surface area contributed by atoms with Crippen molar-refractivity contribution in [2.45, 2.75) is 0 Å². The van der Waals surface area contributed by atoms with E-state index in [1.807, 2.05) is 53.4 Å². The number of nitrogens with zero attached hydrogens (tertiary/aromatic N) is 1. The van der Waals surface area contributed by atoms with Gasteiger partial charge in [0.1, 0.15) is 5.75 Å². The number of rotatable bonds is 3. The van der Waals surface area contributed by atoms with Crippen molar-refractivity contribution in [3.8, 4) is 17.2 Å². The van der Waals surface area contributed by atoms with Gasteiger partial charge in [-0.05, 0) is 12.1 Å². The molecule has 16 heavy (non-hydrogen) atoms. The van der Waals surface area contributed by atoms with Crippen molar-refractivity contribution in [3.63, 3.8) is 0 Å². The second-order valence-corrected chi connectivity index (χ2v) is 3.32. The summed E-state index contributed by atoms with van der Waals surface area (Å²) in [5.74, 6) is 1.63. The number of ether oxygens (including phenoxy) is 2. The zero-order valence-corrected chi connectivity index (χ0v) is 9.38. The topological polar surface area (TPSA) is 22.3 Å². The molecule has 1 aromatic carbocycles. The average molecular weight is 216 g/mol. The van der Waals surface area contributed by atoms with Gasteiger partial charge in [-0.1, -0.05) is 6.07 Å². The van der Waals surface area contributed by atoms with E-state index in [-0.39, 0.29) is 0 Å². The van der Waals surface area contributed by atoms with Crippen molar-refractivity contribution in [3.05, 3.63) is 48.8 Å². The molecule has 3 heteroatoms. The first-order valence-corrected chi connectivity index (χ1v) is 5.04. The zero-order chi connectivity index (χ0) is 11.4. The smallest absolute Gasteiger partial charge is 0.256 e. The third-order valence-corrected chi connectivity index (χ3v) is 2.38. The van der Waals surface area contributed by atoms with E-state index in [1.54, 1.807) is 14.2 Å². The highest BCUT2D eigenvalue weighted by molar-refractivity contribution is 5.45. The van der Waals surface area contributed by atoms with Gasteiger partial charge in [-0.2, -0.15) is 4.57 Å². The van der Waals surface area contributed by atoms with Gasteiger partial charge in [-0.25, -0.2) is 0 Å². The Bertz CT molecular complexity index is 469. The largest absolute Gasteiger partial charge is 0.497 e. The highest BCUT2D eigenvalue weighted by atomic mass is 16.5. The van der Waals surface area contributed by atoms with Crippen LogP contribution < -0.4 is 14.0 Å². The van der Waals surface area contributed by atoms with E-state index in [2.05, 4.69) is 0 Å². The molecular weight excluding hydrogens is 202 g/mol. The summed E-state index contributed by atoms with van der Waals surface area (Å²) >= 11 is 0. The normalized spacial score (nSPS) is 9.88. The summed E-state index contributed by atoms with van der Waals surface area (Å²) in [6.45, 7) is 0. The van der Waals surface area contributed by atoms with Crippen LogP contribution in [0.4, 0.5) is 0 Å². The fraction of sp³-hybridized carbons (Fsp3) is 0.154. The summed E-state index contributed by atoms with van der Waals surface area (Å²) in [6, 6.07) is 11.6. The number of benzene rings is 1. The van der Waals surface area contributed by atoms with Gasteiger partial charge in [-0.15, -0.1) is 0 Å². The molecule has 0 aliphatic carbocycles. The highest BCUT2D eigenvalue weighted by Crippen LogP contribution is 2.23. The van der Waals surface area contributed by atoms with E-state index in [9.17, 15) is 0 Å². The molecule has 0 saturated heterocycles. The monoisotopic (exact) mass is 216 g/mol. The highest BCUT2D eigenvalue weighted by Gasteiger charge is 2.13. The van der Waals surface area contributed by atoms with Crippen LogP contribution in [0, 0.1) is 0 Å². The zero-order valence-electron chi connectivity index (χ0n) is 9.38. The lowest BCUT2D eigenvalue weighted by atomic mass is 10.2. The number of hydrogen-bond donors (Lipinski definition) is 0. The molecule has 2 rings (SSSR count). The SMILES string of the molecule is COc1ccc(OC)c(-[n+]2ccccc2)c1. The van der Waals surface area contributed by atoms with Gasteiger partial charge in [0.2, 0.25) is 0 Å².